The molecule has 0 saturated heterocycles. The van der Waals surface area contributed by atoms with Crippen molar-refractivity contribution in [2.45, 2.75) is 225 Å². The van der Waals surface area contributed by atoms with Gasteiger partial charge in [0.25, 0.3) is 0 Å². The van der Waals surface area contributed by atoms with Crippen LogP contribution in [0.1, 0.15) is 236 Å². The van der Waals surface area contributed by atoms with Gasteiger partial charge in [0, 0.05) is 33.6 Å². The lowest BCUT2D eigenvalue weighted by Gasteiger charge is -2.34. The summed E-state index contributed by atoms with van der Waals surface area (Å²) in [5.41, 5.74) is 19.6. The van der Waals surface area contributed by atoms with Crippen molar-refractivity contribution in [3.05, 3.63) is 167 Å². The molecule has 0 amide bonds. The summed E-state index contributed by atoms with van der Waals surface area (Å²) < 4.78 is 0. The Hall–Kier alpha value is -5.08. The van der Waals surface area contributed by atoms with Crippen LogP contribution in [-0.2, 0) is 10.8 Å². The Balaban J connectivity index is 0.966. The Kier molecular flexibility index (Phi) is 20.8. The molecule has 5 aromatic carbocycles. The van der Waals surface area contributed by atoms with E-state index >= 15 is 0 Å². The van der Waals surface area contributed by atoms with E-state index in [0.29, 0.717) is 0 Å². The second-order valence-electron chi connectivity index (χ2n) is 22.6. The predicted molar refractivity (Wildman–Crippen MR) is 320 cm³/mol. The second-order valence-corrected chi connectivity index (χ2v) is 22.6. The molecule has 0 aliphatic heterocycles. The molecule has 73 heavy (non-hydrogen) atoms. The topological polar surface area (TPSA) is 24.1 Å². The minimum absolute atomic E-state index is 0.0840. The average molecular weight is 976 g/mol. The van der Waals surface area contributed by atoms with E-state index in [1.54, 1.807) is 27.8 Å². The Bertz CT molecular complexity index is 2520. The van der Waals surface area contributed by atoms with Gasteiger partial charge in [0.05, 0.1) is 0 Å². The van der Waals surface area contributed by atoms with Crippen molar-refractivity contribution in [2.75, 3.05) is 10.6 Å². The Morgan fingerprint density at radius 3 is 1.30 bits per heavy atom. The number of fused-ring (bicyclic) bond motifs is 5. The van der Waals surface area contributed by atoms with Gasteiger partial charge < -0.3 is 10.6 Å². The summed E-state index contributed by atoms with van der Waals surface area (Å²) in [6, 6.07) is 44.3. The largest absolute Gasteiger partial charge is 0.356 e. The standard InChI is InChI=1S/C71H94N2/c1-5-9-13-17-21-29-50-70(51-30-22-18-14-10-6-2)66-38-27-25-35-62(66)64-37-33-34-60(54-68(64)70)72-58-44-40-56(41-45-58)57-42-46-59(47-43-57)73-61-48-49-65-63-36-26-28-39-67(63)71(69(65)55-61,52-31-23-19-15-11-7-3)53-32-24-20-16-12-8-4/h25-28,33-36,38-49,54-55,72-73H,5-24,29-32,37,50-53H2,1-4H3. The van der Waals surface area contributed by atoms with Gasteiger partial charge in [-0.3, -0.25) is 0 Å². The van der Waals surface area contributed by atoms with E-state index in [1.807, 2.05) is 0 Å². The maximum atomic E-state index is 3.90. The normalized spacial score (nSPS) is 14.9. The highest BCUT2D eigenvalue weighted by Gasteiger charge is 2.44. The third kappa shape index (κ3) is 13.6. The first-order valence-electron chi connectivity index (χ1n) is 30.2. The Morgan fingerprint density at radius 2 is 0.781 bits per heavy atom. The lowest BCUT2D eigenvalue weighted by molar-refractivity contribution is 0.395. The molecule has 2 heteroatoms. The smallest absolute Gasteiger partial charge is 0.0387 e. The van der Waals surface area contributed by atoms with Crippen molar-refractivity contribution in [2.24, 2.45) is 0 Å². The summed E-state index contributed by atoms with van der Waals surface area (Å²) in [6.45, 7) is 9.30. The zero-order chi connectivity index (χ0) is 50.6. The summed E-state index contributed by atoms with van der Waals surface area (Å²) in [5.74, 6) is 0. The Morgan fingerprint density at radius 1 is 0.370 bits per heavy atom. The van der Waals surface area contributed by atoms with Gasteiger partial charge in [-0.05, 0) is 136 Å². The molecule has 3 aliphatic carbocycles. The predicted octanol–water partition coefficient (Wildman–Crippen LogP) is 22.3. The maximum absolute atomic E-state index is 3.90. The molecule has 0 radical (unpaired) electrons. The highest BCUT2D eigenvalue weighted by atomic mass is 14.9. The SMILES string of the molecule is CCCCCCCCC1(CCCCCCCC)C2=C(CC=CC(Nc3ccc(-c4ccc(Nc5ccc6c(c5)C(CCCCCCCC)(CCCCCCCC)c5ccccc5-6)cc4)cc3)=C2)c2ccccc21. The van der Waals surface area contributed by atoms with Crippen molar-refractivity contribution in [1.82, 2.24) is 0 Å². The highest BCUT2D eigenvalue weighted by molar-refractivity contribution is 5.85. The molecule has 0 spiro atoms. The number of anilines is 3. The lowest BCUT2D eigenvalue weighted by Crippen LogP contribution is -2.27. The number of benzene rings is 5. The van der Waals surface area contributed by atoms with E-state index in [4.69, 9.17) is 0 Å². The number of nitrogens with one attached hydrogen (secondary N) is 2. The summed E-state index contributed by atoms with van der Waals surface area (Å²) in [7, 11) is 0. The number of hydrogen-bond acceptors (Lipinski definition) is 2. The zero-order valence-electron chi connectivity index (χ0n) is 46.2. The summed E-state index contributed by atoms with van der Waals surface area (Å²) in [6.07, 6.45) is 45.4. The third-order valence-electron chi connectivity index (χ3n) is 17.3. The van der Waals surface area contributed by atoms with E-state index in [9.17, 15) is 0 Å². The van der Waals surface area contributed by atoms with Crippen LogP contribution in [0.25, 0.3) is 27.8 Å². The van der Waals surface area contributed by atoms with Crippen LogP contribution < -0.4 is 10.6 Å². The Labute approximate surface area is 445 Å². The summed E-state index contributed by atoms with van der Waals surface area (Å²) in [5, 5.41) is 7.76. The van der Waals surface area contributed by atoms with Crippen LogP contribution in [-0.4, -0.2) is 0 Å². The molecule has 0 aromatic heterocycles. The van der Waals surface area contributed by atoms with Crippen molar-refractivity contribution < 1.29 is 0 Å². The van der Waals surface area contributed by atoms with Gasteiger partial charge in [0.1, 0.15) is 0 Å². The molecule has 3 aliphatic rings. The van der Waals surface area contributed by atoms with Crippen LogP contribution in [0.3, 0.4) is 0 Å². The molecule has 0 bridgehead atoms. The van der Waals surface area contributed by atoms with E-state index in [2.05, 4.69) is 172 Å². The van der Waals surface area contributed by atoms with Crippen LogP contribution in [0.2, 0.25) is 0 Å². The second kappa shape index (κ2) is 28.0. The fraction of sp³-hybridized carbons (Fsp3) is 0.493. The molecule has 8 rings (SSSR count). The monoisotopic (exact) mass is 975 g/mol. The minimum atomic E-state index is 0.0840. The first-order chi connectivity index (χ1) is 36.0. The fourth-order valence-corrected chi connectivity index (χ4v) is 13.3. The van der Waals surface area contributed by atoms with Crippen molar-refractivity contribution >= 4 is 22.6 Å². The van der Waals surface area contributed by atoms with Crippen molar-refractivity contribution in [1.29, 1.82) is 0 Å². The first-order valence-corrected chi connectivity index (χ1v) is 30.2. The molecule has 0 saturated carbocycles. The molecular formula is C71H94N2. The van der Waals surface area contributed by atoms with Gasteiger partial charge in [-0.1, -0.05) is 267 Å². The van der Waals surface area contributed by atoms with Crippen LogP contribution in [0.4, 0.5) is 17.1 Å². The van der Waals surface area contributed by atoms with Crippen LogP contribution in [0, 0.1) is 0 Å². The third-order valence-corrected chi connectivity index (χ3v) is 17.3. The van der Waals surface area contributed by atoms with Crippen LogP contribution in [0.5, 0.6) is 0 Å². The molecule has 0 atom stereocenters. The van der Waals surface area contributed by atoms with Crippen molar-refractivity contribution in [3.63, 3.8) is 0 Å². The number of rotatable bonds is 33. The first kappa shape index (κ1) is 54.2. The number of unbranched alkanes of at least 4 members (excludes halogenated alkanes) is 20. The van der Waals surface area contributed by atoms with E-state index in [1.165, 1.54) is 219 Å². The van der Waals surface area contributed by atoms with E-state index in [-0.39, 0.29) is 10.8 Å². The van der Waals surface area contributed by atoms with Gasteiger partial charge in [-0.25, -0.2) is 0 Å². The zero-order valence-corrected chi connectivity index (χ0v) is 46.2. The molecule has 0 fully saturated rings. The number of hydrogen-bond donors (Lipinski definition) is 2. The highest BCUT2D eigenvalue weighted by Crippen LogP contribution is 2.56. The molecule has 388 valence electrons. The average Bonchev–Trinajstić information content (AvgIpc) is 3.70. The molecule has 0 heterocycles. The quantitative estimate of drug-likeness (QED) is 0.0410. The number of allylic oxidation sites excluding steroid dienone is 5. The maximum Gasteiger partial charge on any atom is 0.0387 e. The molecular weight excluding hydrogens is 881 g/mol. The minimum Gasteiger partial charge on any atom is -0.356 e. The molecule has 2 N–H and O–H groups in total. The lowest BCUT2D eigenvalue weighted by atomic mass is 9.69. The van der Waals surface area contributed by atoms with Gasteiger partial charge in [-0.15, -0.1) is 0 Å². The molecule has 0 unspecified atom stereocenters. The molecule has 2 nitrogen and oxygen atoms in total. The van der Waals surface area contributed by atoms with Crippen molar-refractivity contribution in [3.8, 4) is 22.3 Å². The summed E-state index contributed by atoms with van der Waals surface area (Å²) >= 11 is 0. The van der Waals surface area contributed by atoms with Crippen LogP contribution in [0.15, 0.2) is 145 Å². The summed E-state index contributed by atoms with van der Waals surface area (Å²) in [4.78, 5) is 0. The van der Waals surface area contributed by atoms with Gasteiger partial charge >= 0.3 is 0 Å². The van der Waals surface area contributed by atoms with Gasteiger partial charge in [-0.2, -0.15) is 0 Å². The fourth-order valence-electron chi connectivity index (χ4n) is 13.3. The van der Waals surface area contributed by atoms with E-state index in [0.717, 1.165) is 17.8 Å². The van der Waals surface area contributed by atoms with Gasteiger partial charge in [0.2, 0.25) is 0 Å². The molecule has 5 aromatic rings. The van der Waals surface area contributed by atoms with E-state index < -0.39 is 0 Å². The van der Waals surface area contributed by atoms with Crippen LogP contribution >= 0.6 is 0 Å². The van der Waals surface area contributed by atoms with Gasteiger partial charge in [0.15, 0.2) is 0 Å².